The van der Waals surface area contributed by atoms with E-state index in [1.54, 1.807) is 19.1 Å². The molecule has 0 spiro atoms. The van der Waals surface area contributed by atoms with Crippen LogP contribution in [0, 0.1) is 5.92 Å². The van der Waals surface area contributed by atoms with Gasteiger partial charge in [-0.25, -0.2) is 13.4 Å². The van der Waals surface area contributed by atoms with E-state index in [9.17, 15) is 13.2 Å². The number of amidine groups is 1. The number of fused-ring (bicyclic) bond motifs is 3. The van der Waals surface area contributed by atoms with E-state index in [0.717, 1.165) is 40.1 Å². The number of nitrogens with zero attached hydrogens (tertiary/aromatic N) is 2. The molecule has 172 valence electrons. The van der Waals surface area contributed by atoms with Crippen LogP contribution in [0.3, 0.4) is 0 Å². The van der Waals surface area contributed by atoms with E-state index in [-0.39, 0.29) is 11.8 Å². The minimum absolute atomic E-state index is 0.0793. The fourth-order valence-corrected chi connectivity index (χ4v) is 4.09. The van der Waals surface area contributed by atoms with Gasteiger partial charge in [0.2, 0.25) is 10.0 Å². The highest BCUT2D eigenvalue weighted by Crippen LogP contribution is 2.28. The Balaban J connectivity index is 2.05. The zero-order chi connectivity index (χ0) is 23.7. The van der Waals surface area contributed by atoms with Gasteiger partial charge in [-0.05, 0) is 60.6 Å². The average Bonchev–Trinajstić information content (AvgIpc) is 2.92. The molecular formula is C24H31N3O4S. The van der Waals surface area contributed by atoms with Crippen LogP contribution in [0.25, 0.3) is 0 Å². The molecule has 0 aromatic heterocycles. The van der Waals surface area contributed by atoms with Gasteiger partial charge in [0.1, 0.15) is 17.5 Å². The maximum atomic E-state index is 13.0. The normalized spacial score (nSPS) is 26.9. The number of benzene rings is 1. The van der Waals surface area contributed by atoms with E-state index in [0.29, 0.717) is 12.1 Å². The van der Waals surface area contributed by atoms with Gasteiger partial charge in [0, 0.05) is 13.5 Å². The number of carbonyl (C=O) groups is 1. The summed E-state index contributed by atoms with van der Waals surface area (Å²) in [6, 6.07) is 8.06. The third-order valence-electron chi connectivity index (χ3n) is 5.87. The molecule has 1 aromatic rings. The smallest absolute Gasteiger partial charge is 0.327 e. The van der Waals surface area contributed by atoms with Gasteiger partial charge < -0.3 is 10.5 Å². The number of ether oxygens (including phenoxy) is 1. The fourth-order valence-electron chi connectivity index (χ4n) is 3.65. The molecule has 3 atom stereocenters. The second-order valence-corrected chi connectivity index (χ2v) is 10.9. The number of nitrogens with two attached hydrogens (primary N) is 1. The van der Waals surface area contributed by atoms with Crippen LogP contribution in [0.1, 0.15) is 31.4 Å². The standard InChI is InChI=1S/C24H31N3O4S/c1-16-9-10-18-7-6-8-19(13-18)15-24(3,25)23(28)31-20-11-12-22(27(4)32(5,29)30)26-21(14-20)17(16)2/h6-8,11-14,16,20H,2,9-10,15,25H2,1,3-5H3. The molecule has 3 rings (SSSR count). The Labute approximate surface area is 190 Å². The number of rotatable bonds is 1. The third kappa shape index (κ3) is 5.55. The second-order valence-electron chi connectivity index (χ2n) is 8.86. The molecule has 2 heterocycles. The molecule has 0 saturated heterocycles. The van der Waals surface area contributed by atoms with Gasteiger partial charge in [0.25, 0.3) is 0 Å². The lowest BCUT2D eigenvalue weighted by Crippen LogP contribution is -2.49. The Morgan fingerprint density at radius 2 is 2.00 bits per heavy atom. The number of esters is 1. The summed E-state index contributed by atoms with van der Waals surface area (Å²) in [7, 11) is -2.09. The van der Waals surface area contributed by atoms with E-state index in [2.05, 4.69) is 30.6 Å². The molecule has 32 heavy (non-hydrogen) atoms. The lowest BCUT2D eigenvalue weighted by Gasteiger charge is -2.25. The van der Waals surface area contributed by atoms with Gasteiger partial charge in [0.15, 0.2) is 0 Å². The summed E-state index contributed by atoms with van der Waals surface area (Å²) in [5, 5.41) is 0. The van der Waals surface area contributed by atoms with Crippen molar-refractivity contribution in [2.75, 3.05) is 13.3 Å². The first-order valence-electron chi connectivity index (χ1n) is 10.6. The Bertz CT molecular complexity index is 1120. The van der Waals surface area contributed by atoms with Crippen molar-refractivity contribution >= 4 is 21.8 Å². The van der Waals surface area contributed by atoms with Gasteiger partial charge in [-0.1, -0.05) is 37.8 Å². The van der Waals surface area contributed by atoms with Crippen LogP contribution in [-0.4, -0.2) is 49.5 Å². The SMILES string of the molecule is C=C1C2=CC(C=CC(N(C)S(C)(=O)=O)=N2)OC(=O)C(C)(N)Cc2cccc(c2)CCC1C. The van der Waals surface area contributed by atoms with Gasteiger partial charge in [-0.3, -0.25) is 9.10 Å². The molecule has 0 amide bonds. The highest BCUT2D eigenvalue weighted by Gasteiger charge is 2.33. The third-order valence-corrected chi connectivity index (χ3v) is 7.06. The summed E-state index contributed by atoms with van der Waals surface area (Å²) in [6.45, 7) is 7.94. The lowest BCUT2D eigenvalue weighted by atomic mass is 9.89. The summed E-state index contributed by atoms with van der Waals surface area (Å²) in [6.07, 6.45) is 7.19. The largest absolute Gasteiger partial charge is 0.452 e. The average molecular weight is 458 g/mol. The molecule has 3 unspecified atom stereocenters. The van der Waals surface area contributed by atoms with Crippen LogP contribution in [0.4, 0.5) is 0 Å². The van der Waals surface area contributed by atoms with Gasteiger partial charge in [-0.2, -0.15) is 0 Å². The highest BCUT2D eigenvalue weighted by molar-refractivity contribution is 7.88. The topological polar surface area (TPSA) is 102 Å². The number of allylic oxidation sites excluding steroid dienone is 1. The Morgan fingerprint density at radius 1 is 1.31 bits per heavy atom. The van der Waals surface area contributed by atoms with Crippen molar-refractivity contribution in [3.63, 3.8) is 0 Å². The predicted molar refractivity (Wildman–Crippen MR) is 127 cm³/mol. The number of carbonyl (C=O) groups excluding carboxylic acids is 1. The molecule has 0 fully saturated rings. The lowest BCUT2D eigenvalue weighted by molar-refractivity contribution is -0.151. The maximum absolute atomic E-state index is 13.0. The number of likely N-dealkylation sites (N-methyl/N-ethyl adjacent to an activating group) is 1. The van der Waals surface area contributed by atoms with E-state index < -0.39 is 27.6 Å². The van der Waals surface area contributed by atoms with Gasteiger partial charge in [-0.15, -0.1) is 0 Å². The molecule has 0 saturated carbocycles. The van der Waals surface area contributed by atoms with Crippen molar-refractivity contribution in [2.45, 2.75) is 44.8 Å². The Morgan fingerprint density at radius 3 is 2.69 bits per heavy atom. The van der Waals surface area contributed by atoms with E-state index in [1.165, 1.54) is 13.1 Å². The summed E-state index contributed by atoms with van der Waals surface area (Å²) >= 11 is 0. The maximum Gasteiger partial charge on any atom is 0.327 e. The number of hydrogen-bond acceptors (Lipinski definition) is 6. The predicted octanol–water partition coefficient (Wildman–Crippen LogP) is 2.74. The van der Waals surface area contributed by atoms with E-state index >= 15 is 0 Å². The molecule has 1 aromatic carbocycles. The molecule has 0 radical (unpaired) electrons. The van der Waals surface area contributed by atoms with Crippen molar-refractivity contribution in [1.82, 2.24) is 4.31 Å². The molecule has 2 N–H and O–H groups in total. The molecule has 8 heteroatoms. The zero-order valence-corrected chi connectivity index (χ0v) is 19.9. The number of aliphatic imine (C=N–C) groups is 1. The van der Waals surface area contributed by atoms with Crippen molar-refractivity contribution in [3.05, 3.63) is 71.5 Å². The van der Waals surface area contributed by atoms with Crippen LogP contribution in [0.15, 0.2) is 65.3 Å². The molecule has 2 aliphatic heterocycles. The summed E-state index contributed by atoms with van der Waals surface area (Å²) < 4.78 is 31.0. The van der Waals surface area contributed by atoms with Crippen LogP contribution in [0.2, 0.25) is 0 Å². The van der Waals surface area contributed by atoms with Crippen LogP contribution in [0.5, 0.6) is 0 Å². The number of aryl methyl sites for hydroxylation is 1. The van der Waals surface area contributed by atoms with Crippen LogP contribution in [-0.2, 0) is 32.4 Å². The molecule has 4 bridgehead atoms. The van der Waals surface area contributed by atoms with Crippen LogP contribution >= 0.6 is 0 Å². The Hall–Kier alpha value is -2.71. The number of hydrogen-bond donors (Lipinski definition) is 1. The number of sulfonamides is 1. The molecule has 7 nitrogen and oxygen atoms in total. The zero-order valence-electron chi connectivity index (χ0n) is 19.0. The molecular weight excluding hydrogens is 426 g/mol. The fraction of sp³-hybridized carbons (Fsp3) is 0.417. The minimum atomic E-state index is -3.53. The van der Waals surface area contributed by atoms with E-state index in [4.69, 9.17) is 10.5 Å². The van der Waals surface area contributed by atoms with Crippen molar-refractivity contribution < 1.29 is 17.9 Å². The minimum Gasteiger partial charge on any atom is -0.452 e. The van der Waals surface area contributed by atoms with E-state index in [1.807, 2.05) is 12.1 Å². The summed E-state index contributed by atoms with van der Waals surface area (Å²) in [4.78, 5) is 17.5. The van der Waals surface area contributed by atoms with Crippen molar-refractivity contribution in [2.24, 2.45) is 16.6 Å². The van der Waals surface area contributed by atoms with Gasteiger partial charge >= 0.3 is 5.97 Å². The monoisotopic (exact) mass is 457 g/mol. The first kappa shape index (κ1) is 23.9. The molecule has 0 aliphatic carbocycles. The first-order valence-corrected chi connectivity index (χ1v) is 12.4. The Kier molecular flexibility index (Phi) is 6.76. The summed E-state index contributed by atoms with van der Waals surface area (Å²) in [5.74, 6) is -0.253. The quantitative estimate of drug-likeness (QED) is 0.654. The first-order chi connectivity index (χ1) is 14.9. The second kappa shape index (κ2) is 9.03. The summed E-state index contributed by atoms with van der Waals surface area (Å²) in [5.41, 5.74) is 8.49. The van der Waals surface area contributed by atoms with Crippen molar-refractivity contribution in [3.8, 4) is 0 Å². The van der Waals surface area contributed by atoms with Gasteiger partial charge in [0.05, 0.1) is 12.0 Å². The molecule has 2 aliphatic rings. The van der Waals surface area contributed by atoms with Crippen LogP contribution < -0.4 is 5.73 Å². The highest BCUT2D eigenvalue weighted by atomic mass is 32.2. The van der Waals surface area contributed by atoms with Crippen molar-refractivity contribution in [1.29, 1.82) is 0 Å².